The SMILES string of the molecule is CC(C)(C)c1cccc(-c2ccccc2OC(F)(F)F)c1F. The Hall–Kier alpha value is -2.04. The molecule has 0 spiro atoms. The van der Waals surface area contributed by atoms with Crippen LogP contribution in [-0.4, -0.2) is 6.36 Å². The summed E-state index contributed by atoms with van der Waals surface area (Å²) in [6.45, 7) is 5.52. The van der Waals surface area contributed by atoms with Gasteiger partial charge in [0.1, 0.15) is 11.6 Å². The van der Waals surface area contributed by atoms with Crippen LogP contribution in [0, 0.1) is 5.82 Å². The molecule has 0 aliphatic rings. The van der Waals surface area contributed by atoms with E-state index in [4.69, 9.17) is 0 Å². The van der Waals surface area contributed by atoms with Gasteiger partial charge in [0.05, 0.1) is 0 Å². The second-order valence-corrected chi connectivity index (χ2v) is 5.96. The molecular weight excluding hydrogens is 296 g/mol. The summed E-state index contributed by atoms with van der Waals surface area (Å²) in [6.07, 6.45) is -4.83. The Bertz CT molecular complexity index is 669. The quantitative estimate of drug-likeness (QED) is 0.647. The molecule has 22 heavy (non-hydrogen) atoms. The van der Waals surface area contributed by atoms with Crippen LogP contribution in [0.3, 0.4) is 0 Å². The summed E-state index contributed by atoms with van der Waals surface area (Å²) >= 11 is 0. The maximum absolute atomic E-state index is 14.7. The lowest BCUT2D eigenvalue weighted by atomic mass is 9.84. The predicted octanol–water partition coefficient (Wildman–Crippen LogP) is 5.69. The average molecular weight is 312 g/mol. The van der Waals surface area contributed by atoms with Gasteiger partial charge in [0.2, 0.25) is 0 Å². The van der Waals surface area contributed by atoms with Gasteiger partial charge < -0.3 is 4.74 Å². The van der Waals surface area contributed by atoms with Gasteiger partial charge in [0.15, 0.2) is 0 Å². The Balaban J connectivity index is 2.59. The molecule has 0 atom stereocenters. The number of rotatable bonds is 2. The number of alkyl halides is 3. The summed E-state index contributed by atoms with van der Waals surface area (Å²) in [4.78, 5) is 0. The Morgan fingerprint density at radius 1 is 0.818 bits per heavy atom. The fraction of sp³-hybridized carbons (Fsp3) is 0.294. The maximum Gasteiger partial charge on any atom is 0.573 e. The van der Waals surface area contributed by atoms with Gasteiger partial charge in [-0.05, 0) is 17.0 Å². The second-order valence-electron chi connectivity index (χ2n) is 5.96. The molecule has 0 saturated heterocycles. The van der Waals surface area contributed by atoms with Gasteiger partial charge in [0, 0.05) is 11.1 Å². The molecule has 0 unspecified atom stereocenters. The Kier molecular flexibility index (Phi) is 4.18. The maximum atomic E-state index is 14.7. The lowest BCUT2D eigenvalue weighted by molar-refractivity contribution is -0.274. The minimum absolute atomic E-state index is 0.0726. The van der Waals surface area contributed by atoms with E-state index in [9.17, 15) is 17.6 Å². The Morgan fingerprint density at radius 3 is 2.00 bits per heavy atom. The highest BCUT2D eigenvalue weighted by Crippen LogP contribution is 2.37. The van der Waals surface area contributed by atoms with Crippen molar-refractivity contribution in [1.82, 2.24) is 0 Å². The molecular formula is C17H16F4O. The third-order valence-corrected chi connectivity index (χ3v) is 3.21. The topological polar surface area (TPSA) is 9.23 Å². The first-order chi connectivity index (χ1) is 10.1. The molecule has 2 rings (SSSR count). The van der Waals surface area contributed by atoms with Gasteiger partial charge in [-0.25, -0.2) is 4.39 Å². The van der Waals surface area contributed by atoms with E-state index in [-0.39, 0.29) is 11.1 Å². The van der Waals surface area contributed by atoms with Crippen LogP contribution in [0.15, 0.2) is 42.5 Å². The standard InChI is InChI=1S/C17H16F4O/c1-16(2,3)13-9-6-8-12(15(13)18)11-7-4-5-10-14(11)22-17(19,20)21/h4-10H,1-3H3. The van der Waals surface area contributed by atoms with E-state index in [0.29, 0.717) is 5.56 Å². The molecule has 0 bridgehead atoms. The van der Waals surface area contributed by atoms with E-state index in [2.05, 4.69) is 4.74 Å². The molecule has 0 N–H and O–H groups in total. The van der Waals surface area contributed by atoms with Crippen LogP contribution >= 0.6 is 0 Å². The van der Waals surface area contributed by atoms with E-state index >= 15 is 0 Å². The monoisotopic (exact) mass is 312 g/mol. The lowest BCUT2D eigenvalue weighted by Gasteiger charge is -2.22. The van der Waals surface area contributed by atoms with Gasteiger partial charge in [-0.1, -0.05) is 57.2 Å². The first kappa shape index (κ1) is 16.3. The molecule has 0 heterocycles. The van der Waals surface area contributed by atoms with Gasteiger partial charge in [0.25, 0.3) is 0 Å². The highest BCUT2D eigenvalue weighted by molar-refractivity contribution is 5.71. The smallest absolute Gasteiger partial charge is 0.405 e. The van der Waals surface area contributed by atoms with Crippen molar-refractivity contribution in [2.45, 2.75) is 32.5 Å². The number of hydrogen-bond donors (Lipinski definition) is 0. The third-order valence-electron chi connectivity index (χ3n) is 3.21. The van der Waals surface area contributed by atoms with Gasteiger partial charge in [-0.3, -0.25) is 0 Å². The van der Waals surface area contributed by atoms with Crippen LogP contribution in [0.4, 0.5) is 17.6 Å². The van der Waals surface area contributed by atoms with Gasteiger partial charge >= 0.3 is 6.36 Å². The van der Waals surface area contributed by atoms with E-state index in [1.165, 1.54) is 24.3 Å². The summed E-state index contributed by atoms with van der Waals surface area (Å²) in [5.41, 5.74) is 0.141. The van der Waals surface area contributed by atoms with Crippen LogP contribution in [-0.2, 0) is 5.41 Å². The van der Waals surface area contributed by atoms with Crippen molar-refractivity contribution in [3.63, 3.8) is 0 Å². The number of benzene rings is 2. The average Bonchev–Trinajstić information content (AvgIpc) is 2.37. The molecule has 2 aromatic carbocycles. The largest absolute Gasteiger partial charge is 0.573 e. The second kappa shape index (κ2) is 5.63. The minimum atomic E-state index is -4.83. The molecule has 2 aromatic rings. The van der Waals surface area contributed by atoms with Crippen molar-refractivity contribution in [3.05, 3.63) is 53.8 Å². The van der Waals surface area contributed by atoms with Crippen molar-refractivity contribution in [2.75, 3.05) is 0 Å². The Morgan fingerprint density at radius 2 is 1.41 bits per heavy atom. The van der Waals surface area contributed by atoms with E-state index < -0.39 is 23.3 Å². The van der Waals surface area contributed by atoms with Crippen molar-refractivity contribution in [3.8, 4) is 16.9 Å². The van der Waals surface area contributed by atoms with Crippen molar-refractivity contribution in [2.24, 2.45) is 0 Å². The molecule has 0 radical (unpaired) electrons. The summed E-state index contributed by atoms with van der Waals surface area (Å²) in [6, 6.07) is 10.2. The molecule has 0 amide bonds. The summed E-state index contributed by atoms with van der Waals surface area (Å²) in [5.74, 6) is -0.951. The number of halogens is 4. The highest BCUT2D eigenvalue weighted by Gasteiger charge is 2.32. The number of hydrogen-bond acceptors (Lipinski definition) is 1. The molecule has 0 saturated carbocycles. The van der Waals surface area contributed by atoms with Crippen molar-refractivity contribution in [1.29, 1.82) is 0 Å². The van der Waals surface area contributed by atoms with Crippen LogP contribution in [0.1, 0.15) is 26.3 Å². The molecule has 0 aliphatic heterocycles. The summed E-state index contributed by atoms with van der Waals surface area (Å²) < 4.78 is 56.2. The van der Waals surface area contributed by atoms with Gasteiger partial charge in [-0.2, -0.15) is 0 Å². The molecule has 0 aliphatic carbocycles. The molecule has 118 valence electrons. The predicted molar refractivity (Wildman–Crippen MR) is 77.2 cm³/mol. The number of para-hydroxylation sites is 1. The molecule has 0 aromatic heterocycles. The number of ether oxygens (including phenoxy) is 1. The van der Waals surface area contributed by atoms with Gasteiger partial charge in [-0.15, -0.1) is 13.2 Å². The lowest BCUT2D eigenvalue weighted by Crippen LogP contribution is -2.18. The normalized spacial score (nSPS) is 12.3. The molecule has 0 fully saturated rings. The fourth-order valence-corrected chi connectivity index (χ4v) is 2.22. The van der Waals surface area contributed by atoms with Crippen LogP contribution in [0.25, 0.3) is 11.1 Å². The van der Waals surface area contributed by atoms with Crippen LogP contribution in [0.2, 0.25) is 0 Å². The zero-order valence-electron chi connectivity index (χ0n) is 12.5. The zero-order valence-corrected chi connectivity index (χ0v) is 12.5. The summed E-state index contributed by atoms with van der Waals surface area (Å²) in [7, 11) is 0. The third kappa shape index (κ3) is 3.59. The molecule has 1 nitrogen and oxygen atoms in total. The van der Waals surface area contributed by atoms with E-state index in [1.807, 2.05) is 20.8 Å². The minimum Gasteiger partial charge on any atom is -0.405 e. The summed E-state index contributed by atoms with van der Waals surface area (Å²) in [5, 5.41) is 0. The van der Waals surface area contributed by atoms with Crippen LogP contribution in [0.5, 0.6) is 5.75 Å². The van der Waals surface area contributed by atoms with Crippen molar-refractivity contribution < 1.29 is 22.3 Å². The van der Waals surface area contributed by atoms with Crippen molar-refractivity contribution >= 4 is 0 Å². The first-order valence-corrected chi connectivity index (χ1v) is 6.74. The fourth-order valence-electron chi connectivity index (χ4n) is 2.22. The molecule has 5 heteroatoms. The Labute approximate surface area is 126 Å². The first-order valence-electron chi connectivity index (χ1n) is 6.74. The highest BCUT2D eigenvalue weighted by atomic mass is 19.4. The van der Waals surface area contributed by atoms with E-state index in [0.717, 1.165) is 0 Å². The van der Waals surface area contributed by atoms with E-state index in [1.54, 1.807) is 18.2 Å². The van der Waals surface area contributed by atoms with Crippen LogP contribution < -0.4 is 4.74 Å². The zero-order chi connectivity index (χ0) is 16.5.